The highest BCUT2D eigenvalue weighted by Gasteiger charge is 2.15. The van der Waals surface area contributed by atoms with Gasteiger partial charge in [-0.15, -0.1) is 0 Å². The highest BCUT2D eigenvalue weighted by Crippen LogP contribution is 2.13. The normalized spacial score (nSPS) is 10.5. The van der Waals surface area contributed by atoms with Gasteiger partial charge < -0.3 is 10.2 Å². The molecule has 0 saturated carbocycles. The lowest BCUT2D eigenvalue weighted by Gasteiger charge is -2.00. The minimum absolute atomic E-state index is 0.118. The summed E-state index contributed by atoms with van der Waals surface area (Å²) < 4.78 is 1.45. The molecule has 0 unspecified atom stereocenters. The van der Waals surface area contributed by atoms with Gasteiger partial charge in [-0.2, -0.15) is 5.10 Å². The fourth-order valence-corrected chi connectivity index (χ4v) is 1.54. The van der Waals surface area contributed by atoms with Gasteiger partial charge in [0.15, 0.2) is 5.69 Å². The molecule has 5 heteroatoms. The molecule has 0 atom stereocenters. The van der Waals surface area contributed by atoms with Crippen LogP contribution in [-0.2, 0) is 6.61 Å². The Balaban J connectivity index is 2.46. The SMILES string of the molecule is Cc1ccc(-n2cc(CO)c(C(=O)O)n2)cc1. The first-order valence-corrected chi connectivity index (χ1v) is 5.11. The number of aromatic carboxylic acids is 1. The Labute approximate surface area is 97.9 Å². The van der Waals surface area contributed by atoms with E-state index in [4.69, 9.17) is 10.2 Å². The van der Waals surface area contributed by atoms with E-state index in [1.54, 1.807) is 0 Å². The second kappa shape index (κ2) is 4.39. The molecule has 2 rings (SSSR count). The summed E-state index contributed by atoms with van der Waals surface area (Å²) in [6.45, 7) is 1.63. The van der Waals surface area contributed by atoms with E-state index in [2.05, 4.69) is 5.10 Å². The van der Waals surface area contributed by atoms with Crippen molar-refractivity contribution in [1.82, 2.24) is 9.78 Å². The van der Waals surface area contributed by atoms with Gasteiger partial charge in [0, 0.05) is 11.8 Å². The van der Waals surface area contributed by atoms with E-state index in [0.29, 0.717) is 5.56 Å². The zero-order chi connectivity index (χ0) is 12.4. The number of hydrogen-bond acceptors (Lipinski definition) is 3. The summed E-state index contributed by atoms with van der Waals surface area (Å²) in [5.41, 5.74) is 2.06. The predicted octanol–water partition coefficient (Wildman–Crippen LogP) is 1.37. The van der Waals surface area contributed by atoms with Crippen molar-refractivity contribution in [1.29, 1.82) is 0 Å². The number of aliphatic hydroxyl groups is 1. The molecule has 0 fully saturated rings. The lowest BCUT2D eigenvalue weighted by Crippen LogP contribution is -2.02. The van der Waals surface area contributed by atoms with Gasteiger partial charge >= 0.3 is 5.97 Å². The molecule has 88 valence electrons. The molecule has 0 radical (unpaired) electrons. The Hall–Kier alpha value is -2.14. The van der Waals surface area contributed by atoms with Crippen LogP contribution >= 0.6 is 0 Å². The highest BCUT2D eigenvalue weighted by atomic mass is 16.4. The molecule has 2 aromatic rings. The van der Waals surface area contributed by atoms with Crippen LogP contribution in [0.3, 0.4) is 0 Å². The smallest absolute Gasteiger partial charge is 0.356 e. The maximum atomic E-state index is 10.9. The Kier molecular flexibility index (Phi) is 2.93. The Morgan fingerprint density at radius 3 is 2.47 bits per heavy atom. The first-order valence-electron chi connectivity index (χ1n) is 5.11. The maximum absolute atomic E-state index is 10.9. The molecule has 5 nitrogen and oxygen atoms in total. The molecule has 17 heavy (non-hydrogen) atoms. The lowest BCUT2D eigenvalue weighted by atomic mass is 10.2. The van der Waals surface area contributed by atoms with Gasteiger partial charge in [0.2, 0.25) is 0 Å². The maximum Gasteiger partial charge on any atom is 0.356 e. The molecular weight excluding hydrogens is 220 g/mol. The van der Waals surface area contributed by atoms with Crippen LogP contribution in [0.4, 0.5) is 0 Å². The molecule has 0 aliphatic rings. The minimum atomic E-state index is -1.14. The topological polar surface area (TPSA) is 75.4 Å². The average Bonchev–Trinajstić information content (AvgIpc) is 2.74. The summed E-state index contributed by atoms with van der Waals surface area (Å²) in [7, 11) is 0. The van der Waals surface area contributed by atoms with Crippen LogP contribution in [0.2, 0.25) is 0 Å². The van der Waals surface area contributed by atoms with Crippen molar-refractivity contribution in [3.63, 3.8) is 0 Å². The summed E-state index contributed by atoms with van der Waals surface area (Å²) in [4.78, 5) is 10.9. The fraction of sp³-hybridized carbons (Fsp3) is 0.167. The van der Waals surface area contributed by atoms with Crippen molar-refractivity contribution in [2.45, 2.75) is 13.5 Å². The highest BCUT2D eigenvalue weighted by molar-refractivity contribution is 5.87. The minimum Gasteiger partial charge on any atom is -0.476 e. The van der Waals surface area contributed by atoms with Crippen molar-refractivity contribution in [3.8, 4) is 5.69 Å². The van der Waals surface area contributed by atoms with E-state index in [1.807, 2.05) is 31.2 Å². The van der Waals surface area contributed by atoms with Crippen LogP contribution in [0.1, 0.15) is 21.6 Å². The second-order valence-corrected chi connectivity index (χ2v) is 3.75. The number of carboxylic acid groups (broad SMARTS) is 1. The second-order valence-electron chi connectivity index (χ2n) is 3.75. The van der Waals surface area contributed by atoms with E-state index in [9.17, 15) is 4.79 Å². The zero-order valence-electron chi connectivity index (χ0n) is 9.29. The van der Waals surface area contributed by atoms with E-state index >= 15 is 0 Å². The number of aliphatic hydroxyl groups excluding tert-OH is 1. The van der Waals surface area contributed by atoms with Gasteiger partial charge in [-0.25, -0.2) is 9.48 Å². The number of rotatable bonds is 3. The van der Waals surface area contributed by atoms with Gasteiger partial charge in [0.05, 0.1) is 12.3 Å². The molecular formula is C12H12N2O3. The van der Waals surface area contributed by atoms with Crippen molar-refractivity contribution in [2.24, 2.45) is 0 Å². The third-order valence-electron chi connectivity index (χ3n) is 2.46. The monoisotopic (exact) mass is 232 g/mol. The van der Waals surface area contributed by atoms with Crippen molar-refractivity contribution < 1.29 is 15.0 Å². The first-order chi connectivity index (χ1) is 8.11. The van der Waals surface area contributed by atoms with Crippen LogP contribution in [-0.4, -0.2) is 26.0 Å². The lowest BCUT2D eigenvalue weighted by molar-refractivity contribution is 0.0686. The van der Waals surface area contributed by atoms with Crippen LogP contribution in [0, 0.1) is 6.92 Å². The number of carbonyl (C=O) groups is 1. The summed E-state index contributed by atoms with van der Waals surface area (Å²) in [6.07, 6.45) is 1.52. The zero-order valence-corrected chi connectivity index (χ0v) is 9.29. The largest absolute Gasteiger partial charge is 0.476 e. The fourth-order valence-electron chi connectivity index (χ4n) is 1.54. The van der Waals surface area contributed by atoms with Crippen molar-refractivity contribution >= 4 is 5.97 Å². The molecule has 0 amide bonds. The van der Waals surface area contributed by atoms with Crippen molar-refractivity contribution in [2.75, 3.05) is 0 Å². The average molecular weight is 232 g/mol. The molecule has 0 aliphatic heterocycles. The van der Waals surface area contributed by atoms with Crippen LogP contribution < -0.4 is 0 Å². The number of carboxylic acids is 1. The van der Waals surface area contributed by atoms with Gasteiger partial charge in [-0.1, -0.05) is 17.7 Å². The molecule has 0 aliphatic carbocycles. The number of hydrogen-bond donors (Lipinski definition) is 2. The van der Waals surface area contributed by atoms with Crippen molar-refractivity contribution in [3.05, 3.63) is 47.3 Å². The summed E-state index contributed by atoms with van der Waals surface area (Å²) in [5, 5.41) is 21.9. The summed E-state index contributed by atoms with van der Waals surface area (Å²) in [5.74, 6) is -1.14. The van der Waals surface area contributed by atoms with E-state index < -0.39 is 5.97 Å². The third-order valence-corrected chi connectivity index (χ3v) is 2.46. The Morgan fingerprint density at radius 2 is 2.00 bits per heavy atom. The number of benzene rings is 1. The standard InChI is InChI=1S/C12H12N2O3/c1-8-2-4-10(5-3-8)14-6-9(7-15)11(13-14)12(16)17/h2-6,15H,7H2,1H3,(H,16,17). The number of aromatic nitrogens is 2. The van der Waals surface area contributed by atoms with Gasteiger partial charge in [0.1, 0.15) is 0 Å². The van der Waals surface area contributed by atoms with E-state index in [1.165, 1.54) is 10.9 Å². The third kappa shape index (κ3) is 2.19. The van der Waals surface area contributed by atoms with Crippen LogP contribution in [0.25, 0.3) is 5.69 Å². The number of nitrogens with zero attached hydrogens (tertiary/aromatic N) is 2. The van der Waals surface area contributed by atoms with E-state index in [-0.39, 0.29) is 12.3 Å². The Bertz CT molecular complexity index is 543. The quantitative estimate of drug-likeness (QED) is 0.838. The van der Waals surface area contributed by atoms with Gasteiger partial charge in [-0.3, -0.25) is 0 Å². The molecule has 0 saturated heterocycles. The van der Waals surface area contributed by atoms with Crippen LogP contribution in [0.5, 0.6) is 0 Å². The number of aryl methyl sites for hydroxylation is 1. The Morgan fingerprint density at radius 1 is 1.35 bits per heavy atom. The van der Waals surface area contributed by atoms with E-state index in [0.717, 1.165) is 11.3 Å². The predicted molar refractivity (Wildman–Crippen MR) is 61.2 cm³/mol. The summed E-state index contributed by atoms with van der Waals surface area (Å²) >= 11 is 0. The molecule has 0 spiro atoms. The molecule has 0 bridgehead atoms. The summed E-state index contributed by atoms with van der Waals surface area (Å²) in [6, 6.07) is 7.51. The molecule has 1 heterocycles. The first kappa shape index (κ1) is 11.3. The van der Waals surface area contributed by atoms with Crippen LogP contribution in [0.15, 0.2) is 30.5 Å². The molecule has 1 aromatic carbocycles. The molecule has 2 N–H and O–H groups in total. The molecule has 1 aromatic heterocycles. The van der Waals surface area contributed by atoms with Gasteiger partial charge in [-0.05, 0) is 19.1 Å². The van der Waals surface area contributed by atoms with Gasteiger partial charge in [0.25, 0.3) is 0 Å².